The summed E-state index contributed by atoms with van der Waals surface area (Å²) >= 11 is 3.52. The van der Waals surface area contributed by atoms with E-state index >= 15 is 0 Å². The van der Waals surface area contributed by atoms with Gasteiger partial charge in [0.05, 0.1) is 20.8 Å². The van der Waals surface area contributed by atoms with Crippen LogP contribution < -0.4 is 15.0 Å². The van der Waals surface area contributed by atoms with Crippen LogP contribution in [0, 0.1) is 5.41 Å². The number of unbranched alkanes of at least 4 members (excludes halogenated alkanes) is 1. The van der Waals surface area contributed by atoms with Gasteiger partial charge in [0.25, 0.3) is 5.91 Å². The average Bonchev–Trinajstić information content (AvgIpc) is 3.07. The van der Waals surface area contributed by atoms with Gasteiger partial charge in [-0.25, -0.2) is 13.2 Å². The normalized spacial score (nSPS) is 18.4. The van der Waals surface area contributed by atoms with Crippen molar-refractivity contribution in [1.82, 2.24) is 10.3 Å². The Morgan fingerprint density at radius 3 is 2.57 bits per heavy atom. The standard InChI is InChI=1S/C31H36BrN3O6S/c1-3-5-13-31(4-2)20-35(23-11-7-6-8-12-23)26-16-24(32)27(17-28(26)42(39,40)21-31)41-19-29(36)34-25(30(37)38)15-22-10-9-14-33-18-22/h6-12,14,16-18,25H,3-5,13,15,19-21H2,1-2H3,(H,34,36)(H,37,38). The molecule has 2 heterocycles. The minimum Gasteiger partial charge on any atom is -0.483 e. The molecule has 0 saturated carbocycles. The third-order valence-electron chi connectivity index (χ3n) is 7.66. The molecule has 4 rings (SSSR count). The van der Waals surface area contributed by atoms with Crippen molar-refractivity contribution in [3.63, 3.8) is 0 Å². The molecule has 2 N–H and O–H groups in total. The van der Waals surface area contributed by atoms with Crippen LogP contribution in [-0.4, -0.2) is 55.3 Å². The van der Waals surface area contributed by atoms with Crippen molar-refractivity contribution in [2.24, 2.45) is 5.41 Å². The number of aromatic nitrogens is 1. The van der Waals surface area contributed by atoms with E-state index in [0.29, 0.717) is 28.7 Å². The van der Waals surface area contributed by atoms with E-state index in [1.165, 1.54) is 6.07 Å². The Hall–Kier alpha value is -3.44. The number of fused-ring (bicyclic) bond motifs is 1. The average molecular weight is 659 g/mol. The van der Waals surface area contributed by atoms with E-state index in [9.17, 15) is 23.1 Å². The third-order valence-corrected chi connectivity index (χ3v) is 10.3. The summed E-state index contributed by atoms with van der Waals surface area (Å²) in [4.78, 5) is 30.7. The van der Waals surface area contributed by atoms with Crippen LogP contribution in [0.3, 0.4) is 0 Å². The molecule has 1 aliphatic rings. The van der Waals surface area contributed by atoms with Crippen LogP contribution in [0.5, 0.6) is 5.75 Å². The Labute approximate surface area is 255 Å². The number of carboxylic acid groups (broad SMARTS) is 1. The van der Waals surface area contributed by atoms with E-state index < -0.39 is 39.8 Å². The summed E-state index contributed by atoms with van der Waals surface area (Å²) in [7, 11) is -3.74. The number of carboxylic acids is 1. The van der Waals surface area contributed by atoms with Crippen LogP contribution >= 0.6 is 15.9 Å². The molecule has 2 aromatic carbocycles. The third kappa shape index (κ3) is 7.49. The molecular weight excluding hydrogens is 622 g/mol. The zero-order valence-electron chi connectivity index (χ0n) is 23.8. The van der Waals surface area contributed by atoms with Crippen LogP contribution in [0.4, 0.5) is 11.4 Å². The van der Waals surface area contributed by atoms with E-state index in [1.54, 1.807) is 30.6 Å². The molecule has 1 aromatic heterocycles. The summed E-state index contributed by atoms with van der Waals surface area (Å²) in [6.45, 7) is 4.20. The number of aliphatic carboxylic acids is 1. The molecule has 0 saturated heterocycles. The molecule has 0 aliphatic carbocycles. The lowest BCUT2D eigenvalue weighted by atomic mass is 9.81. The first-order valence-electron chi connectivity index (χ1n) is 14.0. The second-order valence-corrected chi connectivity index (χ2v) is 13.5. The van der Waals surface area contributed by atoms with Crippen molar-refractivity contribution in [2.45, 2.75) is 56.9 Å². The first kappa shape index (κ1) is 31.5. The summed E-state index contributed by atoms with van der Waals surface area (Å²) < 4.78 is 34.2. The van der Waals surface area contributed by atoms with E-state index in [4.69, 9.17) is 4.74 Å². The number of nitrogens with zero attached hydrogens (tertiary/aromatic N) is 2. The Morgan fingerprint density at radius 1 is 1.17 bits per heavy atom. The van der Waals surface area contributed by atoms with Crippen molar-refractivity contribution in [1.29, 1.82) is 0 Å². The van der Waals surface area contributed by atoms with E-state index in [2.05, 4.69) is 38.1 Å². The van der Waals surface area contributed by atoms with Crippen LogP contribution in [0.15, 0.2) is 76.4 Å². The highest BCUT2D eigenvalue weighted by Gasteiger charge is 2.42. The van der Waals surface area contributed by atoms with Crippen molar-refractivity contribution >= 4 is 49.0 Å². The lowest BCUT2D eigenvalue weighted by Crippen LogP contribution is -2.44. The van der Waals surface area contributed by atoms with Crippen molar-refractivity contribution < 1.29 is 27.9 Å². The number of sulfone groups is 1. The van der Waals surface area contributed by atoms with E-state index in [1.807, 2.05) is 37.3 Å². The summed E-state index contributed by atoms with van der Waals surface area (Å²) in [5.41, 5.74) is 1.64. The minimum atomic E-state index is -3.74. The predicted molar refractivity (Wildman–Crippen MR) is 165 cm³/mol. The molecule has 1 aliphatic heterocycles. The van der Waals surface area contributed by atoms with Gasteiger partial charge in [-0.15, -0.1) is 0 Å². The van der Waals surface area contributed by atoms with Gasteiger partial charge in [0, 0.05) is 42.5 Å². The van der Waals surface area contributed by atoms with Gasteiger partial charge in [-0.2, -0.15) is 0 Å². The van der Waals surface area contributed by atoms with Crippen molar-refractivity contribution in [3.05, 3.63) is 77.0 Å². The number of carbonyl (C=O) groups excluding carboxylic acids is 1. The largest absolute Gasteiger partial charge is 0.483 e. The summed E-state index contributed by atoms with van der Waals surface area (Å²) in [6, 6.07) is 15.1. The Kier molecular flexibility index (Phi) is 10.3. The maximum absolute atomic E-state index is 14.0. The molecule has 2 atom stereocenters. The van der Waals surface area contributed by atoms with Crippen LogP contribution in [-0.2, 0) is 25.8 Å². The number of hydrogen-bond acceptors (Lipinski definition) is 7. The van der Waals surface area contributed by atoms with Crippen molar-refractivity contribution in [3.8, 4) is 5.75 Å². The zero-order valence-corrected chi connectivity index (χ0v) is 26.2. The summed E-state index contributed by atoms with van der Waals surface area (Å²) in [5.74, 6) is -1.65. The molecule has 3 aromatic rings. The van der Waals surface area contributed by atoms with Gasteiger partial charge in [-0.05, 0) is 58.6 Å². The first-order valence-corrected chi connectivity index (χ1v) is 16.4. The molecule has 9 nitrogen and oxygen atoms in total. The molecule has 0 radical (unpaired) electrons. The maximum Gasteiger partial charge on any atom is 0.326 e. The lowest BCUT2D eigenvalue weighted by molar-refractivity contribution is -0.142. The molecule has 0 bridgehead atoms. The number of hydrogen-bond donors (Lipinski definition) is 2. The first-order chi connectivity index (χ1) is 20.1. The Morgan fingerprint density at radius 2 is 1.93 bits per heavy atom. The van der Waals surface area contributed by atoms with Gasteiger partial charge >= 0.3 is 5.97 Å². The second-order valence-electron chi connectivity index (χ2n) is 10.7. The highest BCUT2D eigenvalue weighted by molar-refractivity contribution is 9.10. The smallest absolute Gasteiger partial charge is 0.326 e. The number of halogens is 1. The molecular formula is C31H36BrN3O6S. The molecule has 11 heteroatoms. The van der Waals surface area contributed by atoms with E-state index in [0.717, 1.165) is 24.9 Å². The fraction of sp³-hybridized carbons (Fsp3) is 0.387. The molecule has 42 heavy (non-hydrogen) atoms. The monoisotopic (exact) mass is 657 g/mol. The van der Waals surface area contributed by atoms with Gasteiger partial charge in [0.1, 0.15) is 11.8 Å². The van der Waals surface area contributed by atoms with Crippen LogP contribution in [0.1, 0.15) is 45.1 Å². The number of rotatable bonds is 12. The van der Waals surface area contributed by atoms with Crippen LogP contribution in [0.2, 0.25) is 0 Å². The summed E-state index contributed by atoms with van der Waals surface area (Å²) in [6.07, 6.45) is 6.56. The topological polar surface area (TPSA) is 126 Å². The molecule has 224 valence electrons. The van der Waals surface area contributed by atoms with Gasteiger partial charge in [0.15, 0.2) is 16.4 Å². The fourth-order valence-electron chi connectivity index (χ4n) is 5.31. The minimum absolute atomic E-state index is 0.00300. The van der Waals surface area contributed by atoms with Gasteiger partial charge < -0.3 is 20.1 Å². The SMILES string of the molecule is CCCCC1(CC)CN(c2ccccc2)c2cc(Br)c(OCC(=O)NC(Cc3cccnc3)C(=O)O)cc2S(=O)(=O)C1. The van der Waals surface area contributed by atoms with E-state index in [-0.39, 0.29) is 22.8 Å². The number of para-hydroxylation sites is 1. The van der Waals surface area contributed by atoms with Crippen LogP contribution in [0.25, 0.3) is 0 Å². The number of amides is 1. The summed E-state index contributed by atoms with van der Waals surface area (Å²) in [5, 5.41) is 12.1. The Balaban J connectivity index is 1.62. The number of benzene rings is 2. The zero-order chi connectivity index (χ0) is 30.3. The quantitative estimate of drug-likeness (QED) is 0.260. The highest BCUT2D eigenvalue weighted by Crippen LogP contribution is 2.46. The van der Waals surface area contributed by atoms with Gasteiger partial charge in [-0.1, -0.05) is 51.0 Å². The molecule has 2 unspecified atom stereocenters. The fourth-order valence-corrected chi connectivity index (χ4v) is 7.93. The predicted octanol–water partition coefficient (Wildman–Crippen LogP) is 5.55. The number of carbonyl (C=O) groups is 2. The molecule has 0 spiro atoms. The molecule has 0 fully saturated rings. The van der Waals surface area contributed by atoms with Crippen molar-refractivity contribution in [2.75, 3.05) is 23.8 Å². The maximum atomic E-state index is 14.0. The number of ether oxygens (including phenoxy) is 1. The number of pyridine rings is 1. The lowest BCUT2D eigenvalue weighted by Gasteiger charge is -2.36. The van der Waals surface area contributed by atoms with Gasteiger partial charge in [-0.3, -0.25) is 9.78 Å². The highest BCUT2D eigenvalue weighted by atomic mass is 79.9. The second kappa shape index (κ2) is 13.7. The van der Waals surface area contributed by atoms with Gasteiger partial charge in [0.2, 0.25) is 0 Å². The number of anilines is 2. The Bertz CT molecular complexity index is 1500. The number of nitrogens with one attached hydrogen (secondary N) is 1. The molecule has 1 amide bonds.